The van der Waals surface area contributed by atoms with Gasteiger partial charge in [-0.1, -0.05) is 39.7 Å². The van der Waals surface area contributed by atoms with Gasteiger partial charge in [0.1, 0.15) is 6.61 Å². The molecular weight excluding hydrogens is 384 g/mol. The van der Waals surface area contributed by atoms with Crippen molar-refractivity contribution in [2.45, 2.75) is 6.61 Å². The van der Waals surface area contributed by atoms with Crippen molar-refractivity contribution in [3.63, 3.8) is 0 Å². The normalized spacial score (nSPS) is 10.7. The number of aliphatic carboxylic acids is 1. The minimum absolute atomic E-state index is 0.284. The first-order chi connectivity index (χ1) is 11.0. The molecule has 0 atom stereocenters. The van der Waals surface area contributed by atoms with Gasteiger partial charge in [-0.2, -0.15) is 0 Å². The SMILES string of the molecule is COc1cc(Br)cc(C=CC(=O)O)c1OCc1cccc(Cl)c1. The number of carboxylic acids is 1. The number of carboxylic acid groups (broad SMARTS) is 1. The van der Waals surface area contributed by atoms with Crippen molar-refractivity contribution in [2.24, 2.45) is 0 Å². The number of rotatable bonds is 6. The minimum atomic E-state index is -1.04. The quantitative estimate of drug-likeness (QED) is 0.712. The maximum Gasteiger partial charge on any atom is 0.328 e. The predicted molar refractivity (Wildman–Crippen MR) is 93.1 cm³/mol. The topological polar surface area (TPSA) is 55.8 Å². The van der Waals surface area contributed by atoms with Crippen molar-refractivity contribution >= 4 is 39.6 Å². The molecule has 0 amide bonds. The maximum absolute atomic E-state index is 10.8. The van der Waals surface area contributed by atoms with E-state index in [1.807, 2.05) is 12.1 Å². The molecule has 0 saturated heterocycles. The van der Waals surface area contributed by atoms with Gasteiger partial charge >= 0.3 is 5.97 Å². The van der Waals surface area contributed by atoms with Crippen LogP contribution in [0.5, 0.6) is 11.5 Å². The van der Waals surface area contributed by atoms with Gasteiger partial charge in [0, 0.05) is 21.1 Å². The fraction of sp³-hybridized carbons (Fsp3) is 0.118. The summed E-state index contributed by atoms with van der Waals surface area (Å²) in [5, 5.41) is 9.44. The lowest BCUT2D eigenvalue weighted by molar-refractivity contribution is -0.131. The third-order valence-electron chi connectivity index (χ3n) is 2.95. The van der Waals surface area contributed by atoms with Crippen LogP contribution in [-0.4, -0.2) is 18.2 Å². The summed E-state index contributed by atoms with van der Waals surface area (Å²) in [4.78, 5) is 10.8. The van der Waals surface area contributed by atoms with E-state index in [1.165, 1.54) is 13.2 Å². The van der Waals surface area contributed by atoms with Gasteiger partial charge in [0.2, 0.25) is 0 Å². The molecule has 23 heavy (non-hydrogen) atoms. The molecule has 0 spiro atoms. The molecule has 0 radical (unpaired) electrons. The Morgan fingerprint density at radius 3 is 2.78 bits per heavy atom. The number of carbonyl (C=O) groups is 1. The average molecular weight is 398 g/mol. The van der Waals surface area contributed by atoms with E-state index in [9.17, 15) is 4.79 Å². The highest BCUT2D eigenvalue weighted by Crippen LogP contribution is 2.36. The molecule has 0 unspecified atom stereocenters. The van der Waals surface area contributed by atoms with Crippen molar-refractivity contribution in [2.75, 3.05) is 7.11 Å². The molecule has 2 aromatic rings. The van der Waals surface area contributed by atoms with E-state index >= 15 is 0 Å². The molecule has 0 saturated carbocycles. The van der Waals surface area contributed by atoms with E-state index < -0.39 is 5.97 Å². The average Bonchev–Trinajstić information content (AvgIpc) is 2.51. The lowest BCUT2D eigenvalue weighted by Crippen LogP contribution is -2.00. The van der Waals surface area contributed by atoms with Gasteiger partial charge in [-0.05, 0) is 35.9 Å². The zero-order valence-electron chi connectivity index (χ0n) is 12.3. The molecule has 4 nitrogen and oxygen atoms in total. The van der Waals surface area contributed by atoms with Gasteiger partial charge in [-0.3, -0.25) is 0 Å². The summed E-state index contributed by atoms with van der Waals surface area (Å²) in [5.74, 6) is -0.0654. The summed E-state index contributed by atoms with van der Waals surface area (Å²) in [6.45, 7) is 0.284. The predicted octanol–water partition coefficient (Wildman–Crippen LogP) is 4.79. The van der Waals surface area contributed by atoms with E-state index in [0.29, 0.717) is 22.1 Å². The fourth-order valence-electron chi connectivity index (χ4n) is 1.96. The van der Waals surface area contributed by atoms with Crippen LogP contribution in [-0.2, 0) is 11.4 Å². The lowest BCUT2D eigenvalue weighted by Gasteiger charge is -2.14. The minimum Gasteiger partial charge on any atom is -0.493 e. The molecule has 0 aliphatic carbocycles. The molecule has 0 bridgehead atoms. The monoisotopic (exact) mass is 396 g/mol. The first-order valence-corrected chi connectivity index (χ1v) is 7.82. The largest absolute Gasteiger partial charge is 0.493 e. The Labute approximate surface area is 147 Å². The fourth-order valence-corrected chi connectivity index (χ4v) is 2.63. The number of hydrogen-bond donors (Lipinski definition) is 1. The number of hydrogen-bond acceptors (Lipinski definition) is 3. The molecule has 0 aliphatic rings. The molecule has 0 aliphatic heterocycles. The second-order valence-electron chi connectivity index (χ2n) is 4.62. The highest BCUT2D eigenvalue weighted by atomic mass is 79.9. The Balaban J connectivity index is 2.32. The van der Waals surface area contributed by atoms with Crippen LogP contribution in [0.1, 0.15) is 11.1 Å². The third kappa shape index (κ3) is 5.01. The summed E-state index contributed by atoms with van der Waals surface area (Å²) in [6.07, 6.45) is 2.51. The highest BCUT2D eigenvalue weighted by molar-refractivity contribution is 9.10. The van der Waals surface area contributed by atoms with Crippen LogP contribution in [0.2, 0.25) is 5.02 Å². The van der Waals surface area contributed by atoms with Gasteiger partial charge < -0.3 is 14.6 Å². The zero-order chi connectivity index (χ0) is 16.8. The van der Waals surface area contributed by atoms with E-state index in [0.717, 1.165) is 16.1 Å². The Morgan fingerprint density at radius 1 is 1.35 bits per heavy atom. The molecule has 2 aromatic carbocycles. The Morgan fingerprint density at radius 2 is 2.13 bits per heavy atom. The van der Waals surface area contributed by atoms with Crippen LogP contribution in [0.25, 0.3) is 6.08 Å². The summed E-state index contributed by atoms with van der Waals surface area (Å²) in [7, 11) is 1.53. The van der Waals surface area contributed by atoms with Crippen molar-refractivity contribution in [3.8, 4) is 11.5 Å². The van der Waals surface area contributed by atoms with Gasteiger partial charge in [0.25, 0.3) is 0 Å². The van der Waals surface area contributed by atoms with Crippen molar-refractivity contribution in [1.29, 1.82) is 0 Å². The Kier molecular flexibility index (Phi) is 6.07. The molecule has 0 fully saturated rings. The third-order valence-corrected chi connectivity index (χ3v) is 3.64. The summed E-state index contributed by atoms with van der Waals surface area (Å²) < 4.78 is 11.9. The molecular formula is C17H14BrClO4. The smallest absolute Gasteiger partial charge is 0.328 e. The second kappa shape index (κ2) is 8.04. The van der Waals surface area contributed by atoms with Crippen LogP contribution >= 0.6 is 27.5 Å². The number of benzene rings is 2. The van der Waals surface area contributed by atoms with Gasteiger partial charge in [-0.15, -0.1) is 0 Å². The lowest BCUT2D eigenvalue weighted by atomic mass is 10.1. The number of halogens is 2. The van der Waals surface area contributed by atoms with Crippen molar-refractivity contribution in [3.05, 3.63) is 63.1 Å². The van der Waals surface area contributed by atoms with Crippen LogP contribution in [0.15, 0.2) is 46.9 Å². The van der Waals surface area contributed by atoms with Gasteiger partial charge in [0.05, 0.1) is 7.11 Å². The van der Waals surface area contributed by atoms with Crippen LogP contribution in [0.3, 0.4) is 0 Å². The molecule has 6 heteroatoms. The molecule has 0 aromatic heterocycles. The Hall–Kier alpha value is -1.98. The van der Waals surface area contributed by atoms with Crippen molar-refractivity contribution in [1.82, 2.24) is 0 Å². The van der Waals surface area contributed by atoms with Crippen LogP contribution in [0.4, 0.5) is 0 Å². The highest BCUT2D eigenvalue weighted by Gasteiger charge is 2.12. The summed E-state index contributed by atoms with van der Waals surface area (Å²) in [5.41, 5.74) is 1.50. The zero-order valence-corrected chi connectivity index (χ0v) is 14.6. The maximum atomic E-state index is 10.8. The molecule has 0 heterocycles. The number of ether oxygens (including phenoxy) is 2. The van der Waals surface area contributed by atoms with Gasteiger partial charge in [-0.25, -0.2) is 4.79 Å². The van der Waals surface area contributed by atoms with Gasteiger partial charge in [0.15, 0.2) is 11.5 Å². The van der Waals surface area contributed by atoms with Crippen molar-refractivity contribution < 1.29 is 19.4 Å². The summed E-state index contributed by atoms with van der Waals surface area (Å²) >= 11 is 9.33. The second-order valence-corrected chi connectivity index (χ2v) is 5.97. The van der Waals surface area contributed by atoms with E-state index in [1.54, 1.807) is 24.3 Å². The number of methoxy groups -OCH3 is 1. The van der Waals surface area contributed by atoms with Crippen LogP contribution in [0, 0.1) is 0 Å². The Bertz CT molecular complexity index is 743. The van der Waals surface area contributed by atoms with E-state index in [4.69, 9.17) is 26.2 Å². The first-order valence-electron chi connectivity index (χ1n) is 6.65. The molecule has 120 valence electrons. The first kappa shape index (κ1) is 17.4. The van der Waals surface area contributed by atoms with E-state index in [2.05, 4.69) is 15.9 Å². The standard InChI is InChI=1S/C17H14BrClO4/c1-22-15-9-13(18)8-12(5-6-16(20)21)17(15)23-10-11-3-2-4-14(19)7-11/h2-9H,10H2,1H3,(H,20,21). The molecule has 2 rings (SSSR count). The molecule has 1 N–H and O–H groups in total. The summed E-state index contributed by atoms with van der Waals surface area (Å²) in [6, 6.07) is 10.8. The van der Waals surface area contributed by atoms with Crippen LogP contribution < -0.4 is 9.47 Å². The van der Waals surface area contributed by atoms with E-state index in [-0.39, 0.29) is 6.61 Å².